The first-order chi connectivity index (χ1) is 7.64. The third-order valence-electron chi connectivity index (χ3n) is 3.43. The normalized spacial score (nSPS) is 17.7. The fraction of sp³-hybridized carbons (Fsp3) is 0.385. The Morgan fingerprint density at radius 3 is 2.75 bits per heavy atom. The summed E-state index contributed by atoms with van der Waals surface area (Å²) in [5.74, 6) is 0.790. The Balaban J connectivity index is 2.28. The number of hydrogen-bond acceptors (Lipinski definition) is 2. The molecule has 1 fully saturated rings. The van der Waals surface area contributed by atoms with Crippen LogP contribution >= 0.6 is 0 Å². The molecule has 0 aliphatic heterocycles. The number of aryl methyl sites for hydroxylation is 1. The van der Waals surface area contributed by atoms with E-state index < -0.39 is 5.60 Å². The molecule has 1 saturated carbocycles. The predicted octanol–water partition coefficient (Wildman–Crippen LogP) is 2.17. The number of hydrogen-bond donors (Lipinski definition) is 1. The van der Waals surface area contributed by atoms with E-state index in [-0.39, 0.29) is 0 Å². The second-order valence-corrected chi connectivity index (χ2v) is 4.57. The van der Waals surface area contributed by atoms with Gasteiger partial charge in [0.25, 0.3) is 0 Å². The molecule has 0 amide bonds. The first-order valence-electron chi connectivity index (χ1n) is 5.50. The van der Waals surface area contributed by atoms with Gasteiger partial charge in [-0.25, -0.2) is 0 Å². The molecule has 3 nitrogen and oxygen atoms in total. The van der Waals surface area contributed by atoms with E-state index in [9.17, 15) is 5.11 Å². The lowest BCUT2D eigenvalue weighted by atomic mass is 10.0. The summed E-state index contributed by atoms with van der Waals surface area (Å²) in [6, 6.07) is 6.10. The molecule has 1 aromatic heterocycles. The highest BCUT2D eigenvalue weighted by atomic mass is 16.5. The van der Waals surface area contributed by atoms with Crippen molar-refractivity contribution in [3.63, 3.8) is 0 Å². The van der Waals surface area contributed by atoms with Gasteiger partial charge in [0, 0.05) is 29.7 Å². The van der Waals surface area contributed by atoms with Crippen LogP contribution in [-0.4, -0.2) is 16.8 Å². The quantitative estimate of drug-likeness (QED) is 0.836. The van der Waals surface area contributed by atoms with Crippen molar-refractivity contribution in [2.24, 2.45) is 7.05 Å². The van der Waals surface area contributed by atoms with Crippen LogP contribution in [0.4, 0.5) is 0 Å². The number of methoxy groups -OCH3 is 1. The molecule has 1 aliphatic carbocycles. The highest BCUT2D eigenvalue weighted by molar-refractivity contribution is 5.83. The van der Waals surface area contributed by atoms with Crippen LogP contribution in [0.15, 0.2) is 24.4 Å². The van der Waals surface area contributed by atoms with E-state index in [4.69, 9.17) is 4.74 Å². The Morgan fingerprint density at radius 1 is 1.38 bits per heavy atom. The van der Waals surface area contributed by atoms with Crippen molar-refractivity contribution in [1.29, 1.82) is 0 Å². The van der Waals surface area contributed by atoms with Crippen LogP contribution in [0.25, 0.3) is 10.9 Å². The van der Waals surface area contributed by atoms with E-state index in [1.165, 1.54) is 0 Å². The minimum Gasteiger partial charge on any atom is -0.496 e. The summed E-state index contributed by atoms with van der Waals surface area (Å²) in [7, 11) is 3.66. The lowest BCUT2D eigenvalue weighted by Crippen LogP contribution is -2.07. The van der Waals surface area contributed by atoms with E-state index in [1.807, 2.05) is 25.4 Å². The zero-order chi connectivity index (χ0) is 11.3. The fourth-order valence-electron chi connectivity index (χ4n) is 2.22. The van der Waals surface area contributed by atoms with Crippen molar-refractivity contribution < 1.29 is 9.84 Å². The number of rotatable bonds is 2. The van der Waals surface area contributed by atoms with Gasteiger partial charge in [-0.1, -0.05) is 0 Å². The van der Waals surface area contributed by atoms with Crippen LogP contribution in [-0.2, 0) is 12.6 Å². The van der Waals surface area contributed by atoms with E-state index in [1.54, 1.807) is 7.11 Å². The standard InChI is InChI=1S/C13H15NO2/c1-14-6-3-9-7-12(16-2)10(8-11(9)14)13(15)4-5-13/h3,6-8,15H,4-5H2,1-2H3. The fourth-order valence-corrected chi connectivity index (χ4v) is 2.22. The van der Waals surface area contributed by atoms with Crippen molar-refractivity contribution >= 4 is 10.9 Å². The molecule has 0 saturated heterocycles. The molecule has 1 heterocycles. The number of ether oxygens (including phenoxy) is 1. The van der Waals surface area contributed by atoms with Gasteiger partial charge in [-0.05, 0) is 31.0 Å². The minimum atomic E-state index is -0.649. The van der Waals surface area contributed by atoms with Crippen LogP contribution in [0.3, 0.4) is 0 Å². The summed E-state index contributed by atoms with van der Waals surface area (Å²) in [5, 5.41) is 11.4. The van der Waals surface area contributed by atoms with Gasteiger partial charge >= 0.3 is 0 Å². The Bertz CT molecular complexity index is 552. The second kappa shape index (κ2) is 3.01. The number of fused-ring (bicyclic) bond motifs is 1. The van der Waals surface area contributed by atoms with E-state index in [0.717, 1.165) is 35.1 Å². The number of aliphatic hydroxyl groups is 1. The smallest absolute Gasteiger partial charge is 0.125 e. The second-order valence-electron chi connectivity index (χ2n) is 4.57. The van der Waals surface area contributed by atoms with Gasteiger partial charge in [0.15, 0.2) is 0 Å². The summed E-state index contributed by atoms with van der Waals surface area (Å²) < 4.78 is 7.42. The van der Waals surface area contributed by atoms with Gasteiger partial charge < -0.3 is 14.4 Å². The summed E-state index contributed by atoms with van der Waals surface area (Å²) in [6.45, 7) is 0. The maximum absolute atomic E-state index is 10.2. The molecule has 3 heteroatoms. The largest absolute Gasteiger partial charge is 0.496 e. The third kappa shape index (κ3) is 1.25. The zero-order valence-corrected chi connectivity index (χ0v) is 9.53. The summed E-state index contributed by atoms with van der Waals surface area (Å²) in [6.07, 6.45) is 3.68. The first kappa shape index (κ1) is 9.73. The third-order valence-corrected chi connectivity index (χ3v) is 3.43. The van der Waals surface area contributed by atoms with E-state index in [2.05, 4.69) is 10.6 Å². The average Bonchev–Trinajstić information content (AvgIpc) is 2.94. The number of nitrogens with zero attached hydrogens (tertiary/aromatic N) is 1. The molecule has 0 atom stereocenters. The summed E-state index contributed by atoms with van der Waals surface area (Å²) in [5.41, 5.74) is 1.41. The van der Waals surface area contributed by atoms with Crippen LogP contribution in [0.1, 0.15) is 18.4 Å². The molecule has 0 unspecified atom stereocenters. The maximum atomic E-state index is 10.2. The van der Waals surface area contributed by atoms with Crippen molar-refractivity contribution in [1.82, 2.24) is 4.57 Å². The molecule has 0 spiro atoms. The maximum Gasteiger partial charge on any atom is 0.125 e. The van der Waals surface area contributed by atoms with Gasteiger partial charge in [0.1, 0.15) is 5.75 Å². The molecule has 16 heavy (non-hydrogen) atoms. The molecular formula is C13H15NO2. The SMILES string of the molecule is COc1cc2ccn(C)c2cc1C1(O)CC1. The van der Waals surface area contributed by atoms with Crippen LogP contribution in [0, 0.1) is 0 Å². The Labute approximate surface area is 94.3 Å². The highest BCUT2D eigenvalue weighted by Gasteiger charge is 2.44. The van der Waals surface area contributed by atoms with Gasteiger partial charge in [-0.2, -0.15) is 0 Å². The van der Waals surface area contributed by atoms with Crippen molar-refractivity contribution in [2.45, 2.75) is 18.4 Å². The van der Waals surface area contributed by atoms with Crippen molar-refractivity contribution in [2.75, 3.05) is 7.11 Å². The lowest BCUT2D eigenvalue weighted by molar-refractivity contribution is 0.147. The lowest BCUT2D eigenvalue weighted by Gasteiger charge is -2.14. The van der Waals surface area contributed by atoms with Gasteiger partial charge in [0.2, 0.25) is 0 Å². The van der Waals surface area contributed by atoms with Crippen molar-refractivity contribution in [3.05, 3.63) is 30.0 Å². The Morgan fingerprint density at radius 2 is 2.12 bits per heavy atom. The topological polar surface area (TPSA) is 34.4 Å². The van der Waals surface area contributed by atoms with Gasteiger partial charge in [-0.15, -0.1) is 0 Å². The molecule has 0 bridgehead atoms. The zero-order valence-electron chi connectivity index (χ0n) is 9.53. The Hall–Kier alpha value is -1.48. The van der Waals surface area contributed by atoms with Crippen LogP contribution in [0.5, 0.6) is 5.75 Å². The molecular weight excluding hydrogens is 202 g/mol. The van der Waals surface area contributed by atoms with Crippen LogP contribution in [0.2, 0.25) is 0 Å². The minimum absolute atomic E-state index is 0.649. The molecule has 1 N–H and O–H groups in total. The van der Waals surface area contributed by atoms with E-state index in [0.29, 0.717) is 0 Å². The number of aromatic nitrogens is 1. The highest BCUT2D eigenvalue weighted by Crippen LogP contribution is 2.49. The monoisotopic (exact) mass is 217 g/mol. The summed E-state index contributed by atoms with van der Waals surface area (Å²) >= 11 is 0. The van der Waals surface area contributed by atoms with Crippen molar-refractivity contribution in [3.8, 4) is 5.75 Å². The molecule has 1 aromatic carbocycles. The molecule has 2 aromatic rings. The molecule has 1 aliphatic rings. The molecule has 84 valence electrons. The molecule has 0 radical (unpaired) electrons. The van der Waals surface area contributed by atoms with E-state index >= 15 is 0 Å². The predicted molar refractivity (Wildman–Crippen MR) is 62.6 cm³/mol. The summed E-state index contributed by atoms with van der Waals surface area (Å²) in [4.78, 5) is 0. The average molecular weight is 217 g/mol. The van der Waals surface area contributed by atoms with Crippen LogP contribution < -0.4 is 4.74 Å². The Kier molecular flexibility index (Phi) is 1.83. The molecule has 3 rings (SSSR count). The van der Waals surface area contributed by atoms with Gasteiger partial charge in [0.05, 0.1) is 12.7 Å². The number of benzene rings is 1. The first-order valence-corrected chi connectivity index (χ1v) is 5.50. The van der Waals surface area contributed by atoms with Gasteiger partial charge in [-0.3, -0.25) is 0 Å².